The van der Waals surface area contributed by atoms with Gasteiger partial charge >= 0.3 is 0 Å². The third kappa shape index (κ3) is 5.41. The molecule has 0 radical (unpaired) electrons. The van der Waals surface area contributed by atoms with Gasteiger partial charge in [-0.15, -0.1) is 0 Å². The number of nitrogens with one attached hydrogen (secondary N) is 1. The highest BCUT2D eigenvalue weighted by Gasteiger charge is 2.14. The van der Waals surface area contributed by atoms with E-state index in [0.717, 1.165) is 0 Å². The molecule has 6 nitrogen and oxygen atoms in total. The maximum Gasteiger partial charge on any atom is 0.266 e. The fraction of sp³-hybridized carbons (Fsp3) is 0.238. The monoisotopic (exact) mass is 400 g/mol. The molecule has 0 atom stereocenters. The van der Waals surface area contributed by atoms with Crippen molar-refractivity contribution in [3.8, 4) is 23.3 Å². The Bertz CT molecular complexity index is 902. The van der Waals surface area contributed by atoms with Gasteiger partial charge in [0.2, 0.25) is 0 Å². The van der Waals surface area contributed by atoms with E-state index in [1.54, 1.807) is 43.5 Å². The van der Waals surface area contributed by atoms with Crippen molar-refractivity contribution in [3.05, 3.63) is 52.6 Å². The number of nitriles is 1. The molecule has 1 amide bonds. The smallest absolute Gasteiger partial charge is 0.266 e. The van der Waals surface area contributed by atoms with Crippen LogP contribution in [0.4, 0.5) is 5.69 Å². The first kappa shape index (κ1) is 21.1. The van der Waals surface area contributed by atoms with Crippen LogP contribution in [0.2, 0.25) is 5.02 Å². The Morgan fingerprint density at radius 2 is 1.86 bits per heavy atom. The summed E-state index contributed by atoms with van der Waals surface area (Å²) in [6.45, 7) is 4.54. The van der Waals surface area contributed by atoms with Crippen molar-refractivity contribution in [1.29, 1.82) is 5.26 Å². The minimum atomic E-state index is -0.532. The van der Waals surface area contributed by atoms with Gasteiger partial charge in [-0.3, -0.25) is 4.79 Å². The van der Waals surface area contributed by atoms with Crippen molar-refractivity contribution >= 4 is 29.3 Å². The summed E-state index contributed by atoms with van der Waals surface area (Å²) < 4.78 is 16.2. The average molecular weight is 401 g/mol. The van der Waals surface area contributed by atoms with Crippen molar-refractivity contribution in [1.82, 2.24) is 0 Å². The molecule has 2 aromatic carbocycles. The molecule has 0 fully saturated rings. The van der Waals surface area contributed by atoms with Gasteiger partial charge in [0.1, 0.15) is 17.4 Å². The van der Waals surface area contributed by atoms with E-state index in [1.165, 1.54) is 6.08 Å². The average Bonchev–Trinajstić information content (AvgIpc) is 2.69. The number of rotatable bonds is 8. The molecule has 7 heteroatoms. The van der Waals surface area contributed by atoms with Crippen LogP contribution in [0.15, 0.2) is 42.0 Å². The quantitative estimate of drug-likeness (QED) is 0.513. The summed E-state index contributed by atoms with van der Waals surface area (Å²) in [5, 5.41) is 12.4. The summed E-state index contributed by atoms with van der Waals surface area (Å²) in [6.07, 6.45) is 1.45. The van der Waals surface area contributed by atoms with Crippen molar-refractivity contribution in [2.24, 2.45) is 0 Å². The Kier molecular flexibility index (Phi) is 7.73. The zero-order valence-electron chi connectivity index (χ0n) is 15.9. The van der Waals surface area contributed by atoms with E-state index in [4.69, 9.17) is 25.8 Å². The number of carbonyl (C=O) groups excluding carboxylic acids is 1. The van der Waals surface area contributed by atoms with Crippen LogP contribution in [0, 0.1) is 11.3 Å². The molecule has 28 heavy (non-hydrogen) atoms. The van der Waals surface area contributed by atoms with Gasteiger partial charge in [0.15, 0.2) is 11.5 Å². The Balaban J connectivity index is 2.29. The van der Waals surface area contributed by atoms with Gasteiger partial charge in [-0.2, -0.15) is 5.26 Å². The summed E-state index contributed by atoms with van der Waals surface area (Å²) >= 11 is 6.28. The van der Waals surface area contributed by atoms with E-state index in [2.05, 4.69) is 5.32 Å². The summed E-state index contributed by atoms with van der Waals surface area (Å²) in [7, 11) is 1.56. The minimum Gasteiger partial charge on any atom is -0.497 e. The summed E-state index contributed by atoms with van der Waals surface area (Å²) in [5.41, 5.74) is 1.03. The number of hydrogen-bond acceptors (Lipinski definition) is 5. The predicted octanol–water partition coefficient (Wildman–Crippen LogP) is 4.69. The molecule has 0 aliphatic carbocycles. The predicted molar refractivity (Wildman–Crippen MR) is 109 cm³/mol. The highest BCUT2D eigenvalue weighted by atomic mass is 35.5. The molecule has 2 aromatic rings. The normalized spacial score (nSPS) is 10.8. The molecule has 0 saturated heterocycles. The van der Waals surface area contributed by atoms with E-state index in [9.17, 15) is 10.1 Å². The molecule has 0 aliphatic rings. The van der Waals surface area contributed by atoms with Gasteiger partial charge in [-0.25, -0.2) is 0 Å². The van der Waals surface area contributed by atoms with Crippen LogP contribution in [-0.2, 0) is 4.79 Å². The molecule has 0 aliphatic heterocycles. The molecule has 1 N–H and O–H groups in total. The molecule has 0 aromatic heterocycles. The number of nitrogens with zero attached hydrogens (tertiary/aromatic N) is 1. The van der Waals surface area contributed by atoms with Crippen LogP contribution >= 0.6 is 11.6 Å². The van der Waals surface area contributed by atoms with Gasteiger partial charge < -0.3 is 19.5 Å². The lowest BCUT2D eigenvalue weighted by molar-refractivity contribution is -0.112. The molecule has 146 valence electrons. The lowest BCUT2D eigenvalue weighted by Gasteiger charge is -2.13. The van der Waals surface area contributed by atoms with Crippen molar-refractivity contribution in [3.63, 3.8) is 0 Å². The van der Waals surface area contributed by atoms with Crippen LogP contribution in [0.25, 0.3) is 6.08 Å². The Morgan fingerprint density at radius 1 is 1.18 bits per heavy atom. The van der Waals surface area contributed by atoms with Gasteiger partial charge in [0.05, 0.1) is 25.3 Å². The van der Waals surface area contributed by atoms with E-state index < -0.39 is 5.91 Å². The minimum absolute atomic E-state index is 0.0708. The largest absolute Gasteiger partial charge is 0.497 e. The van der Waals surface area contributed by atoms with E-state index in [-0.39, 0.29) is 5.57 Å². The van der Waals surface area contributed by atoms with Crippen molar-refractivity contribution < 1.29 is 19.0 Å². The third-order valence-corrected chi connectivity index (χ3v) is 3.93. The summed E-state index contributed by atoms with van der Waals surface area (Å²) in [4.78, 5) is 12.4. The Labute approximate surface area is 169 Å². The Morgan fingerprint density at radius 3 is 2.43 bits per heavy atom. The van der Waals surface area contributed by atoms with E-state index in [1.807, 2.05) is 19.9 Å². The van der Waals surface area contributed by atoms with Crippen LogP contribution in [-0.4, -0.2) is 26.2 Å². The van der Waals surface area contributed by atoms with Gasteiger partial charge in [0, 0.05) is 5.69 Å². The van der Waals surface area contributed by atoms with Crippen LogP contribution in [0.1, 0.15) is 19.4 Å². The molecule has 0 bridgehead atoms. The zero-order valence-corrected chi connectivity index (χ0v) is 16.7. The SMILES string of the molecule is CCOc1cc(/C=C(\C#N)C(=O)Nc2ccc(OC)cc2)cc(Cl)c1OCC. The maximum absolute atomic E-state index is 12.4. The molecule has 2 rings (SSSR count). The number of methoxy groups -OCH3 is 1. The summed E-state index contributed by atoms with van der Waals surface area (Å²) in [5.74, 6) is 1.03. The lowest BCUT2D eigenvalue weighted by Crippen LogP contribution is -2.13. The first-order valence-electron chi connectivity index (χ1n) is 8.68. The Hall–Kier alpha value is -3.17. The number of anilines is 1. The first-order chi connectivity index (χ1) is 13.5. The number of halogens is 1. The molecule has 0 heterocycles. The molecular formula is C21H21ClN2O4. The number of hydrogen-bond donors (Lipinski definition) is 1. The number of amides is 1. The second kappa shape index (κ2) is 10.2. The molecular weight excluding hydrogens is 380 g/mol. The number of carbonyl (C=O) groups is 1. The fourth-order valence-corrected chi connectivity index (χ4v) is 2.68. The van der Waals surface area contributed by atoms with Crippen LogP contribution in [0.5, 0.6) is 17.2 Å². The van der Waals surface area contributed by atoms with Crippen LogP contribution < -0.4 is 19.5 Å². The van der Waals surface area contributed by atoms with Gasteiger partial charge in [0.25, 0.3) is 5.91 Å². The number of ether oxygens (including phenoxy) is 3. The summed E-state index contributed by atoms with van der Waals surface area (Å²) in [6, 6.07) is 12.0. The number of benzene rings is 2. The first-order valence-corrected chi connectivity index (χ1v) is 9.06. The molecule has 0 spiro atoms. The van der Waals surface area contributed by atoms with Crippen molar-refractivity contribution in [2.45, 2.75) is 13.8 Å². The molecule has 0 saturated carbocycles. The third-order valence-electron chi connectivity index (χ3n) is 3.64. The lowest BCUT2D eigenvalue weighted by atomic mass is 10.1. The standard InChI is InChI=1S/C21H21ClN2O4/c1-4-27-19-12-14(11-18(22)20(19)28-5-2)10-15(13-23)21(25)24-16-6-8-17(26-3)9-7-16/h6-12H,4-5H2,1-3H3,(H,24,25)/b15-10+. The van der Waals surface area contributed by atoms with Crippen molar-refractivity contribution in [2.75, 3.05) is 25.6 Å². The topological polar surface area (TPSA) is 80.6 Å². The second-order valence-electron chi connectivity index (χ2n) is 5.55. The van der Waals surface area contributed by atoms with E-state index in [0.29, 0.717) is 46.7 Å². The maximum atomic E-state index is 12.4. The van der Waals surface area contributed by atoms with Crippen LogP contribution in [0.3, 0.4) is 0 Å². The zero-order chi connectivity index (χ0) is 20.5. The highest BCUT2D eigenvalue weighted by Crippen LogP contribution is 2.37. The van der Waals surface area contributed by atoms with Gasteiger partial charge in [-0.05, 0) is 61.9 Å². The second-order valence-corrected chi connectivity index (χ2v) is 5.96. The molecule has 0 unspecified atom stereocenters. The van der Waals surface area contributed by atoms with E-state index >= 15 is 0 Å². The fourth-order valence-electron chi connectivity index (χ4n) is 2.41. The van der Waals surface area contributed by atoms with Gasteiger partial charge in [-0.1, -0.05) is 11.6 Å². The highest BCUT2D eigenvalue weighted by molar-refractivity contribution is 6.32.